The summed E-state index contributed by atoms with van der Waals surface area (Å²) >= 11 is 0. The van der Waals surface area contributed by atoms with Gasteiger partial charge in [-0.1, -0.05) is 140 Å². The van der Waals surface area contributed by atoms with Gasteiger partial charge >= 0.3 is 0 Å². The van der Waals surface area contributed by atoms with E-state index in [1.807, 2.05) is 0 Å². The molecular weight excluding hydrogens is 671 g/mol. The molecule has 8 aromatic rings. The van der Waals surface area contributed by atoms with E-state index in [2.05, 4.69) is 193 Å². The zero-order valence-electron chi connectivity index (χ0n) is 30.7. The van der Waals surface area contributed by atoms with Crippen LogP contribution in [0.2, 0.25) is 0 Å². The van der Waals surface area contributed by atoms with Crippen LogP contribution in [0.15, 0.2) is 220 Å². The molecule has 0 spiro atoms. The molecule has 1 aromatic heterocycles. The Balaban J connectivity index is 1.15. The van der Waals surface area contributed by atoms with Crippen LogP contribution in [0.25, 0.3) is 27.5 Å². The van der Waals surface area contributed by atoms with Crippen molar-refractivity contribution in [2.45, 2.75) is 57.1 Å². The van der Waals surface area contributed by atoms with Gasteiger partial charge in [-0.15, -0.1) is 10.0 Å². The second-order valence-electron chi connectivity index (χ2n) is 15.3. The lowest BCUT2D eigenvalue weighted by Crippen LogP contribution is -2.45. The number of allylic oxidation sites excluding steroid dienone is 1. The summed E-state index contributed by atoms with van der Waals surface area (Å²) in [5.41, 5.74) is 7.60. The topological polar surface area (TPSA) is 4.93 Å². The van der Waals surface area contributed by atoms with Crippen LogP contribution in [0.3, 0.4) is 0 Å². The molecule has 2 aliphatic rings. The molecular formula is C52H45NS. The van der Waals surface area contributed by atoms with Gasteiger partial charge in [0.2, 0.25) is 0 Å². The summed E-state index contributed by atoms with van der Waals surface area (Å²) in [6.45, 7) is 4.97. The second-order valence-corrected chi connectivity index (χ2v) is 18.4. The molecule has 7 aromatic carbocycles. The first-order valence-electron chi connectivity index (χ1n) is 19.6. The van der Waals surface area contributed by atoms with Crippen molar-refractivity contribution >= 4 is 31.8 Å². The third-order valence-electron chi connectivity index (χ3n) is 12.6. The van der Waals surface area contributed by atoms with Crippen molar-refractivity contribution in [3.63, 3.8) is 0 Å². The lowest BCUT2D eigenvalue weighted by atomic mass is 9.52. The average Bonchev–Trinajstić information content (AvgIpc) is 3.58. The van der Waals surface area contributed by atoms with E-state index in [1.54, 1.807) is 0 Å². The van der Waals surface area contributed by atoms with Gasteiger partial charge in [-0.2, -0.15) is 0 Å². The van der Waals surface area contributed by atoms with E-state index >= 15 is 0 Å². The van der Waals surface area contributed by atoms with Gasteiger partial charge in [0.1, 0.15) is 0 Å². The summed E-state index contributed by atoms with van der Waals surface area (Å²) in [5.74, 6) is 1.27. The molecule has 0 saturated heterocycles. The van der Waals surface area contributed by atoms with Crippen molar-refractivity contribution in [1.82, 2.24) is 4.57 Å². The molecule has 1 nitrogen and oxygen atoms in total. The highest BCUT2D eigenvalue weighted by atomic mass is 32.3. The minimum atomic E-state index is -1.77. The smallest absolute Gasteiger partial charge is 0.0541 e. The Hall–Kier alpha value is -5.57. The Morgan fingerprint density at radius 2 is 0.926 bits per heavy atom. The van der Waals surface area contributed by atoms with E-state index < -0.39 is 10.0 Å². The fourth-order valence-electron chi connectivity index (χ4n) is 10.4. The monoisotopic (exact) mass is 715 g/mol. The normalized spacial score (nSPS) is 20.3. The molecule has 2 fully saturated rings. The van der Waals surface area contributed by atoms with Crippen LogP contribution in [0.4, 0.5) is 0 Å². The molecule has 0 radical (unpaired) electrons. The minimum absolute atomic E-state index is 0.237. The second kappa shape index (κ2) is 13.4. The number of aromatic nitrogens is 1. The molecule has 1 heterocycles. The van der Waals surface area contributed by atoms with Gasteiger partial charge in [-0.25, -0.2) is 0 Å². The van der Waals surface area contributed by atoms with Gasteiger partial charge in [0.05, 0.1) is 11.0 Å². The Morgan fingerprint density at radius 3 is 1.44 bits per heavy atom. The highest BCUT2D eigenvalue weighted by molar-refractivity contribution is 8.34. The maximum atomic E-state index is 4.97. The number of fused-ring (bicyclic) bond motifs is 5. The van der Waals surface area contributed by atoms with E-state index in [1.165, 1.54) is 89.5 Å². The number of nitrogens with zero attached hydrogens (tertiary/aromatic N) is 1. The Kier molecular flexibility index (Phi) is 8.18. The Bertz CT molecular complexity index is 2440. The number of hydrogen-bond donors (Lipinski definition) is 0. The molecule has 0 N–H and O–H groups in total. The largest absolute Gasteiger partial charge is 0.309 e. The molecule has 0 amide bonds. The van der Waals surface area contributed by atoms with E-state index in [0.29, 0.717) is 5.92 Å². The van der Waals surface area contributed by atoms with Crippen LogP contribution in [0.1, 0.15) is 43.2 Å². The van der Waals surface area contributed by atoms with Crippen molar-refractivity contribution in [3.05, 3.63) is 211 Å². The third kappa shape index (κ3) is 5.00. The van der Waals surface area contributed by atoms with Crippen LogP contribution in [0, 0.1) is 11.8 Å². The molecule has 2 heteroatoms. The summed E-state index contributed by atoms with van der Waals surface area (Å²) in [6.07, 6.45) is 6.22. The minimum Gasteiger partial charge on any atom is -0.309 e. The number of hydrogen-bond acceptors (Lipinski definition) is 0. The third-order valence-corrected chi connectivity index (χ3v) is 16.5. The van der Waals surface area contributed by atoms with Gasteiger partial charge in [0.25, 0.3) is 0 Å². The summed E-state index contributed by atoms with van der Waals surface area (Å²) in [6, 6.07) is 70.6. The van der Waals surface area contributed by atoms with Crippen LogP contribution >= 0.6 is 10.0 Å². The lowest BCUT2D eigenvalue weighted by Gasteiger charge is -2.52. The Labute approximate surface area is 321 Å². The summed E-state index contributed by atoms with van der Waals surface area (Å²) in [4.78, 5) is 5.41. The van der Waals surface area contributed by atoms with Gasteiger partial charge in [0.15, 0.2) is 0 Å². The maximum Gasteiger partial charge on any atom is 0.0541 e. The molecule has 3 atom stereocenters. The highest BCUT2D eigenvalue weighted by Crippen LogP contribution is 2.73. The van der Waals surface area contributed by atoms with Crippen LogP contribution in [-0.2, 0) is 5.41 Å². The quantitative estimate of drug-likeness (QED) is 0.145. The highest BCUT2D eigenvalue weighted by Gasteiger charge is 2.50. The van der Waals surface area contributed by atoms with E-state index in [4.69, 9.17) is 6.58 Å². The summed E-state index contributed by atoms with van der Waals surface area (Å²) in [7, 11) is -1.77. The molecule has 54 heavy (non-hydrogen) atoms. The van der Waals surface area contributed by atoms with E-state index in [-0.39, 0.29) is 5.41 Å². The van der Waals surface area contributed by atoms with E-state index in [0.717, 1.165) is 12.3 Å². The van der Waals surface area contributed by atoms with Crippen LogP contribution < -0.4 is 0 Å². The van der Waals surface area contributed by atoms with E-state index in [9.17, 15) is 0 Å². The molecule has 10 rings (SSSR count). The number of para-hydroxylation sites is 2. The van der Waals surface area contributed by atoms with Crippen molar-refractivity contribution in [2.75, 3.05) is 0 Å². The number of benzene rings is 7. The maximum absolute atomic E-state index is 4.97. The SMILES string of the molecule is C=C1CC2CCCC(C2)C1(c1ccc(-n2c3ccccc3c3ccccc32)cc1)c1ccc(S(c2ccccc2)(c2ccccc2)c2ccccc2)cc1. The molecule has 2 saturated carbocycles. The standard InChI is InChI=1S/C52H45NS/c1-38-36-39-16-15-17-42(37-39)52(38,40-28-32-43(33-29-40)53-50-26-13-11-24-48(50)49-25-12-14-27-51(49)53)41-30-34-47(35-31-41)54(44-18-5-2-6-19-44,45-20-7-3-8-21-45)46-22-9-4-10-23-46/h2-14,18-35,39,42H,1,15-17,36-37H2. The number of rotatable bonds is 7. The fraction of sp³-hybridized carbons (Fsp3) is 0.154. The van der Waals surface area contributed by atoms with Crippen molar-refractivity contribution < 1.29 is 0 Å². The summed E-state index contributed by atoms with van der Waals surface area (Å²) < 4.78 is 2.43. The molecule has 0 aliphatic heterocycles. The van der Waals surface area contributed by atoms with Crippen molar-refractivity contribution in [1.29, 1.82) is 0 Å². The van der Waals surface area contributed by atoms with Gasteiger partial charge in [-0.05, 0) is 115 Å². The first-order valence-corrected chi connectivity index (χ1v) is 21.2. The molecule has 2 aliphatic carbocycles. The first-order chi connectivity index (χ1) is 26.7. The molecule has 264 valence electrons. The zero-order chi connectivity index (χ0) is 36.1. The predicted molar refractivity (Wildman–Crippen MR) is 227 cm³/mol. The Morgan fingerprint density at radius 1 is 0.481 bits per heavy atom. The first kappa shape index (κ1) is 33.0. The van der Waals surface area contributed by atoms with Gasteiger partial charge < -0.3 is 4.57 Å². The fourth-order valence-corrected chi connectivity index (χ4v) is 14.3. The summed E-state index contributed by atoms with van der Waals surface area (Å²) in [5, 5.41) is 2.59. The molecule has 2 bridgehead atoms. The van der Waals surface area contributed by atoms with Crippen molar-refractivity contribution in [2.24, 2.45) is 11.8 Å². The molecule has 3 unspecified atom stereocenters. The predicted octanol–water partition coefficient (Wildman–Crippen LogP) is 14.2. The average molecular weight is 716 g/mol. The lowest BCUT2D eigenvalue weighted by molar-refractivity contribution is 0.163. The van der Waals surface area contributed by atoms with Crippen molar-refractivity contribution in [3.8, 4) is 5.69 Å². The van der Waals surface area contributed by atoms with Crippen LogP contribution in [-0.4, -0.2) is 4.57 Å². The van der Waals surface area contributed by atoms with Gasteiger partial charge in [-0.3, -0.25) is 0 Å². The van der Waals surface area contributed by atoms with Crippen LogP contribution in [0.5, 0.6) is 0 Å². The van der Waals surface area contributed by atoms with Gasteiger partial charge in [0, 0.05) is 41.5 Å². The zero-order valence-corrected chi connectivity index (χ0v) is 31.5.